The zero-order chi connectivity index (χ0) is 15.2. The lowest BCUT2D eigenvalue weighted by Gasteiger charge is -2.12. The molecule has 21 heavy (non-hydrogen) atoms. The van der Waals surface area contributed by atoms with E-state index in [0.29, 0.717) is 10.6 Å². The Morgan fingerprint density at radius 1 is 1.38 bits per heavy atom. The molecular weight excluding hydrogens is 350 g/mol. The first-order chi connectivity index (χ1) is 10.1. The molecule has 1 atom stereocenters. The molecule has 0 aliphatic heterocycles. The molecule has 2 N–H and O–H groups in total. The number of halogens is 1. The maximum absolute atomic E-state index is 11.8. The third kappa shape index (κ3) is 5.03. The van der Waals surface area contributed by atoms with Gasteiger partial charge in [0, 0.05) is 15.5 Å². The van der Waals surface area contributed by atoms with Crippen LogP contribution >= 0.6 is 46.0 Å². The first-order valence-corrected chi connectivity index (χ1v) is 9.16. The maximum Gasteiger partial charge on any atom is 0.331 e. The monoisotopic (exact) mass is 361 g/mol. The second-order valence-corrected chi connectivity index (χ2v) is 7.82. The van der Waals surface area contributed by atoms with Gasteiger partial charge in [0.1, 0.15) is 0 Å². The Balaban J connectivity index is 1.81. The number of carboxylic acid groups (broad SMARTS) is 1. The van der Waals surface area contributed by atoms with E-state index in [1.165, 1.54) is 34.4 Å². The summed E-state index contributed by atoms with van der Waals surface area (Å²) in [4.78, 5) is 24.7. The van der Waals surface area contributed by atoms with Crippen LogP contribution in [-0.2, 0) is 15.3 Å². The average Bonchev–Trinajstić information content (AvgIpc) is 3.07. The summed E-state index contributed by atoms with van der Waals surface area (Å²) in [6, 6.07) is 6.22. The van der Waals surface area contributed by atoms with Crippen molar-refractivity contribution in [2.24, 2.45) is 0 Å². The molecule has 0 bridgehead atoms. The summed E-state index contributed by atoms with van der Waals surface area (Å²) < 4.78 is 0.721. The quantitative estimate of drug-likeness (QED) is 0.790. The largest absolute Gasteiger partial charge is 0.479 e. The van der Waals surface area contributed by atoms with Crippen LogP contribution in [0.15, 0.2) is 29.6 Å². The van der Waals surface area contributed by atoms with E-state index in [4.69, 9.17) is 11.6 Å². The zero-order valence-corrected chi connectivity index (χ0v) is 14.0. The number of rotatable bonds is 7. The van der Waals surface area contributed by atoms with Crippen LogP contribution in [0.1, 0.15) is 15.8 Å². The number of thiophene rings is 2. The molecule has 8 heteroatoms. The molecule has 0 spiro atoms. The lowest BCUT2D eigenvalue weighted by atomic mass is 10.2. The number of carbonyl (C=O) groups excluding carboxylic acids is 1. The first-order valence-electron chi connectivity index (χ1n) is 5.94. The number of carbonyl (C=O) groups is 2. The first kappa shape index (κ1) is 16.4. The minimum atomic E-state index is -1.05. The van der Waals surface area contributed by atoms with Gasteiger partial charge in [0.05, 0.1) is 10.1 Å². The Bertz CT molecular complexity index is 612. The van der Waals surface area contributed by atoms with Crippen LogP contribution in [-0.4, -0.2) is 22.7 Å². The van der Waals surface area contributed by atoms with Crippen molar-refractivity contribution < 1.29 is 14.7 Å². The summed E-state index contributed by atoms with van der Waals surface area (Å²) in [7, 11) is 0. The van der Waals surface area contributed by atoms with Gasteiger partial charge in [-0.25, -0.2) is 4.79 Å². The van der Waals surface area contributed by atoms with E-state index in [1.807, 2.05) is 12.1 Å². The van der Waals surface area contributed by atoms with Crippen LogP contribution in [0, 0.1) is 0 Å². The molecule has 4 nitrogen and oxygen atoms in total. The number of amides is 1. The van der Waals surface area contributed by atoms with Crippen molar-refractivity contribution in [3.05, 3.63) is 43.7 Å². The SMILES string of the molecule is O=C(CSCc1ccc(Cl)s1)NC(C(=O)O)c1cccs1. The van der Waals surface area contributed by atoms with E-state index in [0.717, 1.165) is 9.21 Å². The van der Waals surface area contributed by atoms with Gasteiger partial charge in [-0.05, 0) is 23.6 Å². The molecule has 1 amide bonds. The van der Waals surface area contributed by atoms with Gasteiger partial charge >= 0.3 is 5.97 Å². The Labute approximate surface area is 139 Å². The molecule has 2 heterocycles. The highest BCUT2D eigenvalue weighted by Gasteiger charge is 2.22. The van der Waals surface area contributed by atoms with E-state index in [-0.39, 0.29) is 11.7 Å². The third-order valence-corrected chi connectivity index (χ3v) is 5.82. The molecule has 0 aliphatic carbocycles. The number of hydrogen-bond acceptors (Lipinski definition) is 5. The van der Waals surface area contributed by atoms with Crippen LogP contribution in [0.25, 0.3) is 0 Å². The summed E-state index contributed by atoms with van der Waals surface area (Å²) in [5, 5.41) is 13.5. The highest BCUT2D eigenvalue weighted by atomic mass is 35.5. The predicted octanol–water partition coefficient (Wildman–Crippen LogP) is 3.64. The Morgan fingerprint density at radius 2 is 2.19 bits per heavy atom. The van der Waals surface area contributed by atoms with Gasteiger partial charge in [-0.15, -0.1) is 34.4 Å². The van der Waals surface area contributed by atoms with Crippen molar-refractivity contribution >= 4 is 57.9 Å². The van der Waals surface area contributed by atoms with Crippen LogP contribution < -0.4 is 5.32 Å². The van der Waals surface area contributed by atoms with Crippen molar-refractivity contribution in [3.8, 4) is 0 Å². The fourth-order valence-corrected chi connectivity index (χ4v) is 4.39. The third-order valence-electron chi connectivity index (χ3n) is 2.49. The molecule has 0 aromatic carbocycles. The molecule has 2 rings (SSSR count). The van der Waals surface area contributed by atoms with E-state index >= 15 is 0 Å². The molecule has 2 aromatic rings. The van der Waals surface area contributed by atoms with Crippen molar-refractivity contribution in [3.63, 3.8) is 0 Å². The summed E-state index contributed by atoms with van der Waals surface area (Å²) in [6.45, 7) is 0. The molecule has 1 unspecified atom stereocenters. The topological polar surface area (TPSA) is 66.4 Å². The molecule has 0 radical (unpaired) electrons. The average molecular weight is 362 g/mol. The van der Waals surface area contributed by atoms with Crippen molar-refractivity contribution in [2.45, 2.75) is 11.8 Å². The fourth-order valence-electron chi connectivity index (χ4n) is 1.59. The summed E-state index contributed by atoms with van der Waals surface area (Å²) in [6.07, 6.45) is 0. The molecule has 0 aliphatic rings. The van der Waals surface area contributed by atoms with Gasteiger partial charge in [-0.2, -0.15) is 0 Å². The van der Waals surface area contributed by atoms with Gasteiger partial charge in [0.25, 0.3) is 0 Å². The van der Waals surface area contributed by atoms with E-state index < -0.39 is 12.0 Å². The zero-order valence-electron chi connectivity index (χ0n) is 10.7. The second kappa shape index (κ2) is 7.84. The molecule has 2 aromatic heterocycles. The Hall–Kier alpha value is -1.02. The number of nitrogens with one attached hydrogen (secondary N) is 1. The van der Waals surface area contributed by atoms with Gasteiger partial charge in [-0.1, -0.05) is 17.7 Å². The normalized spacial score (nSPS) is 12.0. The molecule has 0 saturated carbocycles. The standard InChI is InChI=1S/C13H12ClNO3S3/c14-10-4-3-8(21-10)6-19-7-11(16)15-12(13(17)18)9-2-1-5-20-9/h1-5,12H,6-7H2,(H,15,16)(H,17,18). The van der Waals surface area contributed by atoms with Crippen LogP contribution in [0.5, 0.6) is 0 Å². The molecule has 0 saturated heterocycles. The van der Waals surface area contributed by atoms with Crippen molar-refractivity contribution in [2.75, 3.05) is 5.75 Å². The number of hydrogen-bond donors (Lipinski definition) is 2. The minimum absolute atomic E-state index is 0.213. The van der Waals surface area contributed by atoms with Crippen molar-refractivity contribution in [1.29, 1.82) is 0 Å². The number of aliphatic carboxylic acids is 1. The molecule has 112 valence electrons. The Morgan fingerprint density at radius 3 is 2.76 bits per heavy atom. The summed E-state index contributed by atoms with van der Waals surface area (Å²) in [5.41, 5.74) is 0. The smallest absolute Gasteiger partial charge is 0.331 e. The Kier molecular flexibility index (Phi) is 6.10. The van der Waals surface area contributed by atoms with E-state index in [9.17, 15) is 14.7 Å². The highest BCUT2D eigenvalue weighted by Crippen LogP contribution is 2.25. The summed E-state index contributed by atoms with van der Waals surface area (Å²) >= 11 is 10.0. The maximum atomic E-state index is 11.8. The van der Waals surface area contributed by atoms with Gasteiger partial charge in [-0.3, -0.25) is 4.79 Å². The lowest BCUT2D eigenvalue weighted by molar-refractivity contribution is -0.141. The summed E-state index contributed by atoms with van der Waals surface area (Å²) in [5.74, 6) is -0.448. The van der Waals surface area contributed by atoms with Gasteiger partial charge in [0.2, 0.25) is 5.91 Å². The van der Waals surface area contributed by atoms with Crippen LogP contribution in [0.4, 0.5) is 0 Å². The second-order valence-electron chi connectivity index (χ2n) is 4.05. The lowest BCUT2D eigenvalue weighted by Crippen LogP contribution is -2.34. The van der Waals surface area contributed by atoms with Crippen LogP contribution in [0.2, 0.25) is 4.34 Å². The number of carboxylic acids is 1. The number of thioether (sulfide) groups is 1. The van der Waals surface area contributed by atoms with E-state index in [1.54, 1.807) is 17.5 Å². The van der Waals surface area contributed by atoms with E-state index in [2.05, 4.69) is 5.32 Å². The fraction of sp³-hybridized carbons (Fsp3) is 0.231. The highest BCUT2D eigenvalue weighted by molar-refractivity contribution is 7.99. The van der Waals surface area contributed by atoms with Crippen LogP contribution in [0.3, 0.4) is 0 Å². The minimum Gasteiger partial charge on any atom is -0.479 e. The van der Waals surface area contributed by atoms with Crippen molar-refractivity contribution in [1.82, 2.24) is 5.32 Å². The van der Waals surface area contributed by atoms with Gasteiger partial charge in [0.15, 0.2) is 6.04 Å². The molecular formula is C13H12ClNO3S3. The van der Waals surface area contributed by atoms with Gasteiger partial charge < -0.3 is 10.4 Å². The predicted molar refractivity (Wildman–Crippen MR) is 88.3 cm³/mol. The molecule has 0 fully saturated rings.